The van der Waals surface area contributed by atoms with Crippen molar-refractivity contribution in [3.05, 3.63) is 46.4 Å². The van der Waals surface area contributed by atoms with Crippen molar-refractivity contribution < 1.29 is 9.21 Å². The van der Waals surface area contributed by atoms with E-state index >= 15 is 0 Å². The molecule has 3 aromatic heterocycles. The molecule has 142 valence electrons. The van der Waals surface area contributed by atoms with Crippen LogP contribution in [0.15, 0.2) is 28.0 Å². The summed E-state index contributed by atoms with van der Waals surface area (Å²) in [7, 11) is 1.89. The van der Waals surface area contributed by atoms with Gasteiger partial charge in [-0.05, 0) is 37.8 Å². The molecule has 0 fully saturated rings. The van der Waals surface area contributed by atoms with E-state index in [0.717, 1.165) is 28.2 Å². The van der Waals surface area contributed by atoms with Crippen molar-refractivity contribution in [2.24, 2.45) is 7.05 Å². The zero-order chi connectivity index (χ0) is 19.4. The van der Waals surface area contributed by atoms with Gasteiger partial charge in [0, 0.05) is 30.9 Å². The summed E-state index contributed by atoms with van der Waals surface area (Å²) < 4.78 is 7.53. The molecule has 0 radical (unpaired) electrons. The lowest BCUT2D eigenvalue weighted by Gasteiger charge is -2.18. The van der Waals surface area contributed by atoms with Crippen LogP contribution in [-0.2, 0) is 18.4 Å². The lowest BCUT2D eigenvalue weighted by molar-refractivity contribution is -0.126. The van der Waals surface area contributed by atoms with Crippen LogP contribution in [0.1, 0.15) is 36.2 Å². The van der Waals surface area contributed by atoms with Gasteiger partial charge in [-0.15, -0.1) is 21.5 Å². The first-order valence-electron chi connectivity index (χ1n) is 8.83. The molecule has 0 aliphatic rings. The molecule has 0 aliphatic heterocycles. The molecule has 0 aliphatic carbocycles. The van der Waals surface area contributed by atoms with Crippen molar-refractivity contribution >= 4 is 23.3 Å². The molecule has 1 amide bonds. The SMILES string of the molecule is CCCN(Cc1nnc(-c2cccs2)o1)C(=O)/C=C/c1c(C)nn(C)c1C. The molecule has 0 N–H and O–H groups in total. The molecule has 0 bridgehead atoms. The number of carbonyl (C=O) groups excluding carboxylic acids is 1. The van der Waals surface area contributed by atoms with Crippen LogP contribution < -0.4 is 0 Å². The third-order valence-electron chi connectivity index (χ3n) is 4.29. The Bertz CT molecular complexity index is 940. The zero-order valence-electron chi connectivity index (χ0n) is 16.0. The van der Waals surface area contributed by atoms with E-state index in [1.165, 1.54) is 11.3 Å². The van der Waals surface area contributed by atoms with Crippen LogP contribution in [0.2, 0.25) is 0 Å². The van der Waals surface area contributed by atoms with Crippen molar-refractivity contribution in [2.45, 2.75) is 33.7 Å². The van der Waals surface area contributed by atoms with Crippen LogP contribution in [0.3, 0.4) is 0 Å². The van der Waals surface area contributed by atoms with E-state index in [1.54, 1.807) is 11.0 Å². The number of amides is 1. The lowest BCUT2D eigenvalue weighted by atomic mass is 10.2. The van der Waals surface area contributed by atoms with E-state index in [9.17, 15) is 4.79 Å². The first kappa shape index (κ1) is 19.0. The monoisotopic (exact) mass is 385 g/mol. The maximum absolute atomic E-state index is 12.7. The van der Waals surface area contributed by atoms with Gasteiger partial charge in [0.1, 0.15) is 0 Å². The number of nitrogens with zero attached hydrogens (tertiary/aromatic N) is 5. The average Bonchev–Trinajstić information content (AvgIpc) is 3.36. The van der Waals surface area contributed by atoms with Crippen LogP contribution >= 0.6 is 11.3 Å². The van der Waals surface area contributed by atoms with Gasteiger partial charge in [-0.3, -0.25) is 9.48 Å². The molecule has 0 saturated carbocycles. The molecule has 3 aromatic rings. The Morgan fingerprint density at radius 1 is 1.37 bits per heavy atom. The third-order valence-corrected chi connectivity index (χ3v) is 5.15. The Balaban J connectivity index is 1.73. The van der Waals surface area contributed by atoms with E-state index in [4.69, 9.17) is 4.42 Å². The van der Waals surface area contributed by atoms with Gasteiger partial charge in [0.15, 0.2) is 0 Å². The smallest absolute Gasteiger partial charge is 0.257 e. The normalized spacial score (nSPS) is 11.4. The molecule has 8 heteroatoms. The largest absolute Gasteiger partial charge is 0.418 e. The molecule has 0 aromatic carbocycles. The Kier molecular flexibility index (Phi) is 5.85. The van der Waals surface area contributed by atoms with Gasteiger partial charge in [-0.25, -0.2) is 0 Å². The van der Waals surface area contributed by atoms with Crippen molar-refractivity contribution in [3.8, 4) is 10.8 Å². The topological polar surface area (TPSA) is 77.1 Å². The minimum Gasteiger partial charge on any atom is -0.418 e. The molecular weight excluding hydrogens is 362 g/mol. The Morgan fingerprint density at radius 3 is 2.81 bits per heavy atom. The van der Waals surface area contributed by atoms with Crippen molar-refractivity contribution in [2.75, 3.05) is 6.54 Å². The van der Waals surface area contributed by atoms with Crippen LogP contribution in [0, 0.1) is 13.8 Å². The molecule has 7 nitrogen and oxygen atoms in total. The van der Waals surface area contributed by atoms with Gasteiger partial charge in [0.2, 0.25) is 11.8 Å². The van der Waals surface area contributed by atoms with Gasteiger partial charge in [0.25, 0.3) is 5.89 Å². The standard InChI is InChI=1S/C19H23N5O2S/c1-5-10-24(12-17-20-21-19(26-17)16-7-6-11-27-16)18(25)9-8-15-13(2)22-23(4)14(15)3/h6-9,11H,5,10,12H2,1-4H3/b9-8+. The molecule has 3 heterocycles. The number of thiophene rings is 1. The average molecular weight is 385 g/mol. The summed E-state index contributed by atoms with van der Waals surface area (Å²) >= 11 is 1.54. The zero-order valence-corrected chi connectivity index (χ0v) is 16.8. The number of rotatable bonds is 7. The van der Waals surface area contributed by atoms with Gasteiger partial charge >= 0.3 is 0 Å². The highest BCUT2D eigenvalue weighted by molar-refractivity contribution is 7.13. The maximum atomic E-state index is 12.7. The van der Waals surface area contributed by atoms with Crippen molar-refractivity contribution in [1.82, 2.24) is 24.9 Å². The van der Waals surface area contributed by atoms with Crippen LogP contribution in [-0.4, -0.2) is 37.3 Å². The summed E-state index contributed by atoms with van der Waals surface area (Å²) in [6.45, 7) is 6.86. The van der Waals surface area contributed by atoms with E-state index < -0.39 is 0 Å². The number of hydrogen-bond donors (Lipinski definition) is 0. The first-order chi connectivity index (χ1) is 13.0. The second kappa shape index (κ2) is 8.30. The summed E-state index contributed by atoms with van der Waals surface area (Å²) in [4.78, 5) is 15.3. The van der Waals surface area contributed by atoms with Gasteiger partial charge < -0.3 is 9.32 Å². The van der Waals surface area contributed by atoms with Crippen LogP contribution in [0.4, 0.5) is 0 Å². The second-order valence-electron chi connectivity index (χ2n) is 6.28. The van der Waals surface area contributed by atoms with Gasteiger partial charge in [-0.1, -0.05) is 13.0 Å². The Morgan fingerprint density at radius 2 is 2.19 bits per heavy atom. The second-order valence-corrected chi connectivity index (χ2v) is 7.23. The minimum absolute atomic E-state index is 0.0876. The molecule has 0 spiro atoms. The first-order valence-corrected chi connectivity index (χ1v) is 9.71. The fourth-order valence-corrected chi connectivity index (χ4v) is 3.45. The van der Waals surface area contributed by atoms with Crippen LogP contribution in [0.25, 0.3) is 16.8 Å². The number of aromatic nitrogens is 4. The van der Waals surface area contributed by atoms with E-state index in [-0.39, 0.29) is 5.91 Å². The highest BCUT2D eigenvalue weighted by Crippen LogP contribution is 2.23. The minimum atomic E-state index is -0.0876. The fraction of sp³-hybridized carbons (Fsp3) is 0.368. The quantitative estimate of drug-likeness (QED) is 0.581. The van der Waals surface area contributed by atoms with Gasteiger partial charge in [-0.2, -0.15) is 5.10 Å². The van der Waals surface area contributed by atoms with E-state index in [1.807, 2.05) is 56.1 Å². The highest BCUT2D eigenvalue weighted by atomic mass is 32.1. The summed E-state index contributed by atoms with van der Waals surface area (Å²) in [5.74, 6) is 0.832. The third kappa shape index (κ3) is 4.33. The summed E-state index contributed by atoms with van der Waals surface area (Å²) in [6, 6.07) is 3.86. The molecule has 0 atom stereocenters. The van der Waals surface area contributed by atoms with Gasteiger partial charge in [0.05, 0.1) is 17.1 Å². The molecule has 27 heavy (non-hydrogen) atoms. The Labute approximate surface area is 162 Å². The highest BCUT2D eigenvalue weighted by Gasteiger charge is 2.16. The fourth-order valence-electron chi connectivity index (χ4n) is 2.81. The predicted octanol–water partition coefficient (Wildman–Crippen LogP) is 3.60. The molecule has 0 unspecified atom stereocenters. The Hall–Kier alpha value is -2.74. The van der Waals surface area contributed by atoms with E-state index in [2.05, 4.69) is 15.3 Å². The predicted molar refractivity (Wildman–Crippen MR) is 105 cm³/mol. The molecule has 3 rings (SSSR count). The summed E-state index contributed by atoms with van der Waals surface area (Å²) in [6.07, 6.45) is 4.26. The number of carbonyl (C=O) groups is 1. The van der Waals surface area contributed by atoms with E-state index in [0.29, 0.717) is 24.9 Å². The molecular formula is C19H23N5O2S. The summed E-state index contributed by atoms with van der Waals surface area (Å²) in [5, 5.41) is 14.5. The molecule has 0 saturated heterocycles. The van der Waals surface area contributed by atoms with Crippen LogP contribution in [0.5, 0.6) is 0 Å². The van der Waals surface area contributed by atoms with Crippen molar-refractivity contribution in [1.29, 1.82) is 0 Å². The number of hydrogen-bond acceptors (Lipinski definition) is 6. The summed E-state index contributed by atoms with van der Waals surface area (Å²) in [5.41, 5.74) is 2.90. The lowest BCUT2D eigenvalue weighted by Crippen LogP contribution is -2.29. The van der Waals surface area contributed by atoms with Crippen molar-refractivity contribution in [3.63, 3.8) is 0 Å². The number of aryl methyl sites for hydroxylation is 2. The maximum Gasteiger partial charge on any atom is 0.257 e.